The van der Waals surface area contributed by atoms with Gasteiger partial charge in [0.15, 0.2) is 9.84 Å². The van der Waals surface area contributed by atoms with E-state index >= 15 is 0 Å². The number of sulfone groups is 1. The highest BCUT2D eigenvalue weighted by atomic mass is 35.5. The van der Waals surface area contributed by atoms with E-state index in [9.17, 15) is 18.0 Å². The van der Waals surface area contributed by atoms with E-state index in [4.69, 9.17) is 11.6 Å². The summed E-state index contributed by atoms with van der Waals surface area (Å²) < 4.78 is 23.1. The van der Waals surface area contributed by atoms with E-state index < -0.39 is 9.84 Å². The Labute approximate surface area is 146 Å². The maximum Gasteiger partial charge on any atom is 0.228 e. The fraction of sp³-hybridized carbons (Fsp3) is 0.500. The molecule has 130 valence electrons. The van der Waals surface area contributed by atoms with Crippen molar-refractivity contribution in [2.24, 2.45) is 11.8 Å². The van der Waals surface area contributed by atoms with Crippen LogP contribution < -0.4 is 5.32 Å². The van der Waals surface area contributed by atoms with Gasteiger partial charge in [-0.05, 0) is 31.0 Å². The molecular formula is C16H19ClN2O4S. The van der Waals surface area contributed by atoms with Crippen molar-refractivity contribution in [2.45, 2.75) is 18.9 Å². The van der Waals surface area contributed by atoms with Crippen molar-refractivity contribution in [3.8, 4) is 0 Å². The Bertz CT molecular complexity index is 780. The minimum Gasteiger partial charge on any atom is -0.341 e. The maximum atomic E-state index is 12.5. The van der Waals surface area contributed by atoms with Crippen LogP contribution in [0.1, 0.15) is 12.8 Å². The molecule has 0 radical (unpaired) electrons. The maximum absolute atomic E-state index is 12.5. The molecule has 2 aliphatic rings. The summed E-state index contributed by atoms with van der Waals surface area (Å²) in [6.07, 6.45) is 0.964. The van der Waals surface area contributed by atoms with E-state index in [0.29, 0.717) is 23.6 Å². The molecule has 1 aliphatic heterocycles. The quantitative estimate of drug-likeness (QED) is 0.871. The average molecular weight is 371 g/mol. The zero-order chi connectivity index (χ0) is 17.5. The Morgan fingerprint density at radius 3 is 2.67 bits per heavy atom. The number of rotatable bonds is 4. The Kier molecular flexibility index (Phi) is 4.57. The molecule has 1 saturated carbocycles. The molecule has 1 saturated heterocycles. The van der Waals surface area contributed by atoms with Crippen molar-refractivity contribution >= 4 is 38.9 Å². The Hall–Kier alpha value is -1.60. The van der Waals surface area contributed by atoms with E-state index in [1.807, 2.05) is 0 Å². The van der Waals surface area contributed by atoms with Crippen LogP contribution >= 0.6 is 11.6 Å². The van der Waals surface area contributed by atoms with Crippen molar-refractivity contribution in [3.05, 3.63) is 29.3 Å². The Balaban J connectivity index is 1.56. The smallest absolute Gasteiger partial charge is 0.228 e. The van der Waals surface area contributed by atoms with Crippen molar-refractivity contribution < 1.29 is 18.0 Å². The Morgan fingerprint density at radius 1 is 1.29 bits per heavy atom. The average Bonchev–Trinajstić information content (AvgIpc) is 3.23. The number of nitrogens with one attached hydrogen (secondary N) is 1. The molecule has 1 aromatic rings. The lowest BCUT2D eigenvalue weighted by Gasteiger charge is -2.23. The van der Waals surface area contributed by atoms with E-state index in [1.54, 1.807) is 31.3 Å². The molecule has 1 N–H and O–H groups in total. The van der Waals surface area contributed by atoms with E-state index in [0.717, 1.165) is 0 Å². The van der Waals surface area contributed by atoms with Gasteiger partial charge < -0.3 is 10.2 Å². The fourth-order valence-corrected chi connectivity index (χ4v) is 5.05. The molecule has 24 heavy (non-hydrogen) atoms. The molecular weight excluding hydrogens is 352 g/mol. The van der Waals surface area contributed by atoms with Gasteiger partial charge in [0.2, 0.25) is 11.8 Å². The van der Waals surface area contributed by atoms with Gasteiger partial charge in [0.05, 0.1) is 23.3 Å². The largest absolute Gasteiger partial charge is 0.341 e. The molecule has 2 amide bonds. The predicted octanol–water partition coefficient (Wildman–Crippen LogP) is 1.56. The SMILES string of the molecule is CN(C(=O)C1CC1C(=O)Nc1cccc(Cl)c1)C1CCS(=O)(=O)C1. The summed E-state index contributed by atoms with van der Waals surface area (Å²) in [5.41, 5.74) is 0.598. The summed E-state index contributed by atoms with van der Waals surface area (Å²) in [4.78, 5) is 26.2. The molecule has 0 spiro atoms. The normalized spacial score (nSPS) is 27.5. The third-order valence-electron chi connectivity index (χ3n) is 4.64. The molecule has 8 heteroatoms. The number of amides is 2. The van der Waals surface area contributed by atoms with Crippen LogP contribution in [0.4, 0.5) is 5.69 Å². The van der Waals surface area contributed by atoms with Crippen molar-refractivity contribution in [1.29, 1.82) is 0 Å². The number of carbonyl (C=O) groups excluding carboxylic acids is 2. The molecule has 0 bridgehead atoms. The number of halogens is 1. The number of hydrogen-bond acceptors (Lipinski definition) is 4. The minimum atomic E-state index is -3.04. The molecule has 1 aromatic carbocycles. The molecule has 1 heterocycles. The first kappa shape index (κ1) is 17.2. The van der Waals surface area contributed by atoms with Crippen LogP contribution in [-0.4, -0.2) is 49.7 Å². The van der Waals surface area contributed by atoms with E-state index in [2.05, 4.69) is 5.32 Å². The molecule has 2 fully saturated rings. The van der Waals surface area contributed by atoms with Crippen molar-refractivity contribution in [2.75, 3.05) is 23.9 Å². The lowest BCUT2D eigenvalue weighted by atomic mass is 10.2. The second-order valence-electron chi connectivity index (χ2n) is 6.45. The lowest BCUT2D eigenvalue weighted by Crippen LogP contribution is -2.39. The van der Waals surface area contributed by atoms with E-state index in [1.165, 1.54) is 4.90 Å². The molecule has 3 unspecified atom stereocenters. The fourth-order valence-electron chi connectivity index (χ4n) is 3.08. The summed E-state index contributed by atoms with van der Waals surface area (Å²) >= 11 is 5.88. The van der Waals surface area contributed by atoms with Crippen LogP contribution in [0.5, 0.6) is 0 Å². The minimum absolute atomic E-state index is 0.0152. The highest BCUT2D eigenvalue weighted by molar-refractivity contribution is 7.91. The predicted molar refractivity (Wildman–Crippen MR) is 91.5 cm³/mol. The van der Waals surface area contributed by atoms with Gasteiger partial charge in [0.25, 0.3) is 0 Å². The van der Waals surface area contributed by atoms with Gasteiger partial charge >= 0.3 is 0 Å². The zero-order valence-electron chi connectivity index (χ0n) is 13.2. The molecule has 3 atom stereocenters. The molecule has 6 nitrogen and oxygen atoms in total. The second kappa shape index (κ2) is 6.37. The number of hydrogen-bond donors (Lipinski definition) is 1. The van der Waals surface area contributed by atoms with Gasteiger partial charge in [-0.25, -0.2) is 8.42 Å². The highest BCUT2D eigenvalue weighted by Gasteiger charge is 2.50. The van der Waals surface area contributed by atoms with Crippen LogP contribution in [0.3, 0.4) is 0 Å². The second-order valence-corrected chi connectivity index (χ2v) is 9.12. The van der Waals surface area contributed by atoms with Gasteiger partial charge in [0.1, 0.15) is 0 Å². The highest BCUT2D eigenvalue weighted by Crippen LogP contribution is 2.41. The van der Waals surface area contributed by atoms with E-state index in [-0.39, 0.29) is 41.2 Å². The van der Waals surface area contributed by atoms with Crippen LogP contribution in [0, 0.1) is 11.8 Å². The molecule has 1 aliphatic carbocycles. The standard InChI is InChI=1S/C16H19ClN2O4S/c1-19(12-5-6-24(22,23)9-12)16(21)14-8-13(14)15(20)18-11-4-2-3-10(17)7-11/h2-4,7,12-14H,5-6,8-9H2,1H3,(H,18,20). The van der Waals surface area contributed by atoms with Gasteiger partial charge in [-0.1, -0.05) is 17.7 Å². The first-order valence-corrected chi connectivity index (χ1v) is 10.0. The lowest BCUT2D eigenvalue weighted by molar-refractivity contribution is -0.134. The summed E-state index contributed by atoms with van der Waals surface area (Å²) in [5, 5.41) is 3.29. The third-order valence-corrected chi connectivity index (χ3v) is 6.63. The number of carbonyl (C=O) groups is 2. The number of benzene rings is 1. The third kappa shape index (κ3) is 3.72. The number of anilines is 1. The zero-order valence-corrected chi connectivity index (χ0v) is 14.8. The van der Waals surface area contributed by atoms with Crippen LogP contribution in [0.25, 0.3) is 0 Å². The van der Waals surface area contributed by atoms with Crippen LogP contribution in [0.2, 0.25) is 5.02 Å². The summed E-state index contributed by atoms with van der Waals surface area (Å²) in [7, 11) is -1.42. The molecule has 3 rings (SSSR count). The first-order valence-electron chi connectivity index (χ1n) is 7.80. The van der Waals surface area contributed by atoms with Gasteiger partial charge in [-0.2, -0.15) is 0 Å². The Morgan fingerprint density at radius 2 is 2.04 bits per heavy atom. The van der Waals surface area contributed by atoms with Crippen molar-refractivity contribution in [1.82, 2.24) is 4.90 Å². The summed E-state index contributed by atoms with van der Waals surface area (Å²) in [6.45, 7) is 0. The van der Waals surface area contributed by atoms with Gasteiger partial charge in [-0.15, -0.1) is 0 Å². The summed E-state index contributed by atoms with van der Waals surface area (Å²) in [6, 6.07) is 6.56. The summed E-state index contributed by atoms with van der Waals surface area (Å²) in [5.74, 6) is -0.944. The number of nitrogens with zero attached hydrogens (tertiary/aromatic N) is 1. The van der Waals surface area contributed by atoms with Gasteiger partial charge in [-0.3, -0.25) is 9.59 Å². The van der Waals surface area contributed by atoms with Crippen molar-refractivity contribution in [3.63, 3.8) is 0 Å². The first-order chi connectivity index (χ1) is 11.3. The topological polar surface area (TPSA) is 83.6 Å². The van der Waals surface area contributed by atoms with Crippen LogP contribution in [-0.2, 0) is 19.4 Å². The van der Waals surface area contributed by atoms with Crippen LogP contribution in [0.15, 0.2) is 24.3 Å². The van der Waals surface area contributed by atoms with Gasteiger partial charge in [0, 0.05) is 23.8 Å². The monoisotopic (exact) mass is 370 g/mol. The molecule has 0 aromatic heterocycles.